The molecule has 0 aliphatic carbocycles. The maximum absolute atomic E-state index is 13.0. The fourth-order valence-electron chi connectivity index (χ4n) is 2.69. The highest BCUT2D eigenvalue weighted by atomic mass is 35.5. The fraction of sp³-hybridized carbons (Fsp3) is 0. The van der Waals surface area contributed by atoms with Crippen LogP contribution in [0.2, 0.25) is 5.02 Å². The van der Waals surface area contributed by atoms with Crippen LogP contribution in [0.15, 0.2) is 72.8 Å². The van der Waals surface area contributed by atoms with Crippen LogP contribution in [0.25, 0.3) is 11.1 Å². The Morgan fingerprint density at radius 1 is 0.826 bits per heavy atom. The van der Waals surface area contributed by atoms with Crippen LogP contribution < -0.4 is 9.83 Å². The van der Waals surface area contributed by atoms with Crippen molar-refractivity contribution in [2.75, 3.05) is 0 Å². The van der Waals surface area contributed by atoms with Crippen LogP contribution in [0, 0.1) is 0 Å². The topological polar surface area (TPSA) is 26.3 Å². The SMILES string of the molecule is O=C(c1ccccc1Cl)P1Oc2ccccc2-c2ccccc21. The number of hydrogen-bond donors (Lipinski definition) is 0. The molecule has 0 fully saturated rings. The predicted molar refractivity (Wildman–Crippen MR) is 94.8 cm³/mol. The molecule has 112 valence electrons. The van der Waals surface area contributed by atoms with Crippen molar-refractivity contribution in [2.45, 2.75) is 0 Å². The van der Waals surface area contributed by atoms with E-state index in [9.17, 15) is 4.79 Å². The van der Waals surface area contributed by atoms with E-state index in [-0.39, 0.29) is 5.52 Å². The summed E-state index contributed by atoms with van der Waals surface area (Å²) < 4.78 is 6.09. The minimum Gasteiger partial charge on any atom is -0.460 e. The van der Waals surface area contributed by atoms with Crippen molar-refractivity contribution in [3.05, 3.63) is 83.4 Å². The summed E-state index contributed by atoms with van der Waals surface area (Å²) in [6, 6.07) is 22.8. The minimum absolute atomic E-state index is 0.0625. The van der Waals surface area contributed by atoms with Gasteiger partial charge in [-0.25, -0.2) is 0 Å². The highest BCUT2D eigenvalue weighted by molar-refractivity contribution is 7.78. The quantitative estimate of drug-likeness (QED) is 0.596. The molecule has 0 saturated carbocycles. The van der Waals surface area contributed by atoms with Gasteiger partial charge in [-0.3, -0.25) is 4.79 Å². The molecule has 1 aliphatic rings. The Morgan fingerprint density at radius 3 is 2.30 bits per heavy atom. The van der Waals surface area contributed by atoms with Gasteiger partial charge in [-0.1, -0.05) is 66.2 Å². The molecule has 0 bridgehead atoms. The molecule has 2 nitrogen and oxygen atoms in total. The van der Waals surface area contributed by atoms with Gasteiger partial charge in [-0.05, 0) is 23.8 Å². The van der Waals surface area contributed by atoms with E-state index in [0.717, 1.165) is 22.2 Å². The van der Waals surface area contributed by atoms with Gasteiger partial charge in [-0.15, -0.1) is 0 Å². The van der Waals surface area contributed by atoms with E-state index < -0.39 is 8.15 Å². The van der Waals surface area contributed by atoms with Crippen LogP contribution in [-0.4, -0.2) is 5.52 Å². The Hall–Kier alpha value is -2.15. The maximum Gasteiger partial charge on any atom is 0.230 e. The highest BCUT2D eigenvalue weighted by Gasteiger charge is 2.33. The first-order chi connectivity index (χ1) is 11.3. The third-order valence-corrected chi connectivity index (χ3v) is 5.92. The summed E-state index contributed by atoms with van der Waals surface area (Å²) >= 11 is 6.20. The second-order valence-electron chi connectivity index (χ2n) is 5.18. The van der Waals surface area contributed by atoms with Crippen LogP contribution in [0.3, 0.4) is 0 Å². The van der Waals surface area contributed by atoms with Gasteiger partial charge in [0.25, 0.3) is 0 Å². The minimum atomic E-state index is -1.45. The smallest absolute Gasteiger partial charge is 0.230 e. The van der Waals surface area contributed by atoms with Crippen molar-refractivity contribution < 1.29 is 9.32 Å². The van der Waals surface area contributed by atoms with E-state index in [0.29, 0.717) is 10.6 Å². The van der Waals surface area contributed by atoms with Gasteiger partial charge in [0.15, 0.2) is 8.15 Å². The van der Waals surface area contributed by atoms with Crippen LogP contribution in [-0.2, 0) is 0 Å². The first kappa shape index (κ1) is 14.4. The van der Waals surface area contributed by atoms with E-state index in [1.807, 2.05) is 60.7 Å². The van der Waals surface area contributed by atoms with Crippen LogP contribution in [0.5, 0.6) is 5.75 Å². The Bertz CT molecular complexity index is 907. The van der Waals surface area contributed by atoms with Gasteiger partial charge < -0.3 is 4.52 Å². The van der Waals surface area contributed by atoms with E-state index in [1.165, 1.54) is 0 Å². The van der Waals surface area contributed by atoms with Crippen molar-refractivity contribution in [2.24, 2.45) is 0 Å². The van der Waals surface area contributed by atoms with Crippen LogP contribution >= 0.6 is 19.7 Å². The first-order valence-electron chi connectivity index (χ1n) is 7.21. The molecule has 4 rings (SSSR count). The summed E-state index contributed by atoms with van der Waals surface area (Å²) in [5.41, 5.74) is 2.52. The monoisotopic (exact) mass is 338 g/mol. The number of hydrogen-bond acceptors (Lipinski definition) is 2. The molecule has 3 aromatic carbocycles. The van der Waals surface area contributed by atoms with Crippen molar-refractivity contribution in [3.63, 3.8) is 0 Å². The largest absolute Gasteiger partial charge is 0.460 e. The van der Waals surface area contributed by atoms with Crippen molar-refractivity contribution in [1.29, 1.82) is 0 Å². The number of carbonyl (C=O) groups is 1. The van der Waals surface area contributed by atoms with Gasteiger partial charge in [0.2, 0.25) is 5.52 Å². The maximum atomic E-state index is 13.0. The summed E-state index contributed by atoms with van der Waals surface area (Å²) in [5, 5.41) is 1.39. The second-order valence-corrected chi connectivity index (χ2v) is 7.25. The molecule has 0 saturated heterocycles. The van der Waals surface area contributed by atoms with E-state index in [4.69, 9.17) is 16.1 Å². The third-order valence-electron chi connectivity index (χ3n) is 3.78. The number of rotatable bonds is 2. The van der Waals surface area contributed by atoms with E-state index in [1.54, 1.807) is 12.1 Å². The number of carbonyl (C=O) groups excluding carboxylic acids is 1. The molecule has 0 amide bonds. The van der Waals surface area contributed by atoms with Gasteiger partial charge in [-0.2, -0.15) is 0 Å². The predicted octanol–water partition coefficient (Wildman–Crippen LogP) is 5.26. The third kappa shape index (κ3) is 2.45. The molecule has 0 aromatic heterocycles. The Balaban J connectivity index is 1.86. The van der Waals surface area contributed by atoms with Crippen LogP contribution in [0.4, 0.5) is 0 Å². The highest BCUT2D eigenvalue weighted by Crippen LogP contribution is 2.50. The summed E-state index contributed by atoms with van der Waals surface area (Å²) in [4.78, 5) is 13.0. The molecule has 0 spiro atoms. The Morgan fingerprint density at radius 2 is 1.48 bits per heavy atom. The second kappa shape index (κ2) is 5.81. The molecule has 0 radical (unpaired) electrons. The number of fused-ring (bicyclic) bond motifs is 3. The number of benzene rings is 3. The Kier molecular flexibility index (Phi) is 3.65. The van der Waals surface area contributed by atoms with E-state index in [2.05, 4.69) is 0 Å². The number of para-hydroxylation sites is 1. The normalized spacial score (nSPS) is 15.3. The lowest BCUT2D eigenvalue weighted by molar-refractivity contribution is 0.107. The molecular weight excluding hydrogens is 327 g/mol. The molecule has 4 heteroatoms. The summed E-state index contributed by atoms with van der Waals surface area (Å²) in [5.74, 6) is 0.748. The van der Waals surface area contributed by atoms with Crippen molar-refractivity contribution in [3.8, 4) is 16.9 Å². The van der Waals surface area contributed by atoms with Crippen LogP contribution in [0.1, 0.15) is 10.4 Å². The summed E-state index contributed by atoms with van der Waals surface area (Å²) in [7, 11) is -1.45. The fourth-order valence-corrected chi connectivity index (χ4v) is 4.78. The molecular formula is C19H12ClO2P. The summed E-state index contributed by atoms with van der Waals surface area (Å²) in [6.45, 7) is 0. The van der Waals surface area contributed by atoms with Crippen molar-refractivity contribution >= 4 is 30.6 Å². The average molecular weight is 339 g/mol. The lowest BCUT2D eigenvalue weighted by Gasteiger charge is -2.27. The molecule has 0 N–H and O–H groups in total. The lowest BCUT2D eigenvalue weighted by Crippen LogP contribution is -2.19. The summed E-state index contributed by atoms with van der Waals surface area (Å²) in [6.07, 6.45) is 0. The molecule has 1 atom stereocenters. The molecule has 3 aromatic rings. The van der Waals surface area contributed by atoms with E-state index >= 15 is 0 Å². The molecule has 23 heavy (non-hydrogen) atoms. The van der Waals surface area contributed by atoms with Gasteiger partial charge in [0, 0.05) is 16.4 Å². The van der Waals surface area contributed by atoms with Crippen molar-refractivity contribution in [1.82, 2.24) is 0 Å². The standard InChI is InChI=1S/C19H12ClO2P/c20-16-10-4-1-9-15(16)19(21)23-18-12-6-3-8-14(18)13-7-2-5-11-17(13)22-23/h1-12H. The zero-order chi connectivity index (χ0) is 15.8. The van der Waals surface area contributed by atoms with Gasteiger partial charge in [0.05, 0.1) is 5.02 Å². The molecule has 1 aliphatic heterocycles. The zero-order valence-electron chi connectivity index (χ0n) is 12.1. The number of halogens is 1. The van der Waals surface area contributed by atoms with Gasteiger partial charge in [0.1, 0.15) is 5.75 Å². The molecule has 1 heterocycles. The molecule has 1 unspecified atom stereocenters. The Labute approximate surface area is 140 Å². The average Bonchev–Trinajstić information content (AvgIpc) is 2.61. The zero-order valence-corrected chi connectivity index (χ0v) is 13.7. The lowest BCUT2D eigenvalue weighted by atomic mass is 10.0. The van der Waals surface area contributed by atoms with Gasteiger partial charge >= 0.3 is 0 Å². The first-order valence-corrected chi connectivity index (χ1v) is 8.85.